The Balaban J connectivity index is 2.58. The molecule has 15 heavy (non-hydrogen) atoms. The van der Waals surface area contributed by atoms with Crippen molar-refractivity contribution in [2.24, 2.45) is 0 Å². The maximum absolute atomic E-state index is 2.66. The van der Waals surface area contributed by atoms with Crippen LogP contribution in [0.5, 0.6) is 0 Å². The van der Waals surface area contributed by atoms with Crippen LogP contribution < -0.4 is 0 Å². The summed E-state index contributed by atoms with van der Waals surface area (Å²) in [5.74, 6) is 0. The van der Waals surface area contributed by atoms with Crippen molar-refractivity contribution >= 4 is 7.92 Å². The topological polar surface area (TPSA) is 3.24 Å². The SMILES string of the molecule is CCN(CP1[C@H](C)CC[C@H]1C)C(C)(C)C. The lowest BCUT2D eigenvalue weighted by Crippen LogP contribution is -2.41. The van der Waals surface area contributed by atoms with Crippen molar-refractivity contribution in [1.82, 2.24) is 4.90 Å². The van der Waals surface area contributed by atoms with E-state index in [1.165, 1.54) is 25.7 Å². The van der Waals surface area contributed by atoms with Crippen molar-refractivity contribution in [3.63, 3.8) is 0 Å². The average molecular weight is 229 g/mol. The van der Waals surface area contributed by atoms with Gasteiger partial charge in [-0.25, -0.2) is 0 Å². The molecule has 1 rings (SSSR count). The zero-order valence-electron chi connectivity index (χ0n) is 11.4. The Bertz CT molecular complexity index is 187. The highest BCUT2D eigenvalue weighted by Crippen LogP contribution is 2.55. The van der Waals surface area contributed by atoms with Gasteiger partial charge < -0.3 is 0 Å². The van der Waals surface area contributed by atoms with Crippen molar-refractivity contribution in [2.45, 2.75) is 71.2 Å². The van der Waals surface area contributed by atoms with Gasteiger partial charge in [0, 0.05) is 11.8 Å². The normalized spacial score (nSPS) is 29.0. The predicted octanol–water partition coefficient (Wildman–Crippen LogP) is 4.12. The Morgan fingerprint density at radius 3 is 1.93 bits per heavy atom. The molecule has 1 saturated heterocycles. The van der Waals surface area contributed by atoms with Gasteiger partial charge in [-0.05, 0) is 51.5 Å². The summed E-state index contributed by atoms with van der Waals surface area (Å²) in [7, 11) is 0.249. The van der Waals surface area contributed by atoms with Crippen molar-refractivity contribution in [3.05, 3.63) is 0 Å². The molecule has 0 radical (unpaired) electrons. The molecule has 1 heterocycles. The molecule has 0 saturated carbocycles. The molecule has 1 aliphatic rings. The van der Waals surface area contributed by atoms with Crippen molar-refractivity contribution in [3.8, 4) is 0 Å². The van der Waals surface area contributed by atoms with Crippen LogP contribution in [0.4, 0.5) is 0 Å². The van der Waals surface area contributed by atoms with Gasteiger partial charge >= 0.3 is 0 Å². The second-order valence-electron chi connectivity index (χ2n) is 5.96. The van der Waals surface area contributed by atoms with Crippen LogP contribution in [0.3, 0.4) is 0 Å². The van der Waals surface area contributed by atoms with Crippen LogP contribution in [0.25, 0.3) is 0 Å². The van der Waals surface area contributed by atoms with E-state index in [-0.39, 0.29) is 7.92 Å². The molecule has 0 unspecified atom stereocenters. The van der Waals surface area contributed by atoms with E-state index in [4.69, 9.17) is 0 Å². The number of hydrogen-bond donors (Lipinski definition) is 0. The molecule has 2 atom stereocenters. The van der Waals surface area contributed by atoms with Crippen LogP contribution in [0, 0.1) is 0 Å². The summed E-state index contributed by atoms with van der Waals surface area (Å²) in [6.45, 7) is 15.5. The first-order valence-electron chi connectivity index (χ1n) is 6.37. The van der Waals surface area contributed by atoms with E-state index in [9.17, 15) is 0 Å². The Hall–Kier alpha value is 0.390. The van der Waals surface area contributed by atoms with E-state index in [1.54, 1.807) is 0 Å². The molecular formula is C13H28NP. The highest BCUT2D eigenvalue weighted by Gasteiger charge is 2.33. The van der Waals surface area contributed by atoms with Gasteiger partial charge in [0.25, 0.3) is 0 Å². The van der Waals surface area contributed by atoms with Gasteiger partial charge in [0.05, 0.1) is 0 Å². The monoisotopic (exact) mass is 229 g/mol. The standard InChI is InChI=1S/C13H28NP/c1-7-14(13(4,5)6)10-15-11(2)8-9-12(15)3/h11-12H,7-10H2,1-6H3/t11-,12-/m1/s1. The van der Waals surface area contributed by atoms with Gasteiger partial charge in [-0.15, -0.1) is 0 Å². The Morgan fingerprint density at radius 2 is 1.60 bits per heavy atom. The van der Waals surface area contributed by atoms with Crippen LogP contribution in [-0.2, 0) is 0 Å². The highest BCUT2D eigenvalue weighted by atomic mass is 31.1. The quantitative estimate of drug-likeness (QED) is 0.658. The van der Waals surface area contributed by atoms with Crippen LogP contribution >= 0.6 is 7.92 Å². The molecule has 0 aliphatic carbocycles. The lowest BCUT2D eigenvalue weighted by atomic mass is 10.1. The van der Waals surface area contributed by atoms with E-state index in [2.05, 4.69) is 46.4 Å². The van der Waals surface area contributed by atoms with Gasteiger partial charge in [0.15, 0.2) is 0 Å². The van der Waals surface area contributed by atoms with Gasteiger partial charge in [0.1, 0.15) is 0 Å². The Kier molecular flexibility index (Phi) is 4.62. The van der Waals surface area contributed by atoms with E-state index in [0.29, 0.717) is 5.54 Å². The van der Waals surface area contributed by atoms with Gasteiger partial charge in [0.2, 0.25) is 0 Å². The van der Waals surface area contributed by atoms with E-state index >= 15 is 0 Å². The summed E-state index contributed by atoms with van der Waals surface area (Å²) >= 11 is 0. The van der Waals surface area contributed by atoms with Crippen LogP contribution in [-0.4, -0.2) is 34.6 Å². The number of nitrogens with zero attached hydrogens (tertiary/aromatic N) is 1. The van der Waals surface area contributed by atoms with E-state index < -0.39 is 0 Å². The molecule has 0 N–H and O–H groups in total. The summed E-state index contributed by atoms with van der Waals surface area (Å²) in [6.07, 6.45) is 4.29. The van der Waals surface area contributed by atoms with Crippen LogP contribution in [0.2, 0.25) is 0 Å². The summed E-state index contributed by atoms with van der Waals surface area (Å²) in [6, 6.07) is 0. The third-order valence-electron chi connectivity index (χ3n) is 3.80. The minimum atomic E-state index is 0.249. The first-order valence-corrected chi connectivity index (χ1v) is 8.03. The first kappa shape index (κ1) is 13.5. The second kappa shape index (κ2) is 5.15. The molecule has 1 nitrogen and oxygen atoms in total. The summed E-state index contributed by atoms with van der Waals surface area (Å²) in [4.78, 5) is 2.66. The molecule has 0 aromatic rings. The summed E-state index contributed by atoms with van der Waals surface area (Å²) < 4.78 is 0. The van der Waals surface area contributed by atoms with Gasteiger partial charge in [-0.1, -0.05) is 28.7 Å². The molecule has 2 heteroatoms. The molecular weight excluding hydrogens is 201 g/mol. The Morgan fingerprint density at radius 1 is 1.13 bits per heavy atom. The Labute approximate surface area is 97.4 Å². The van der Waals surface area contributed by atoms with E-state index in [0.717, 1.165) is 11.3 Å². The molecule has 0 spiro atoms. The molecule has 0 bridgehead atoms. The molecule has 0 aromatic heterocycles. The molecule has 0 amide bonds. The zero-order chi connectivity index (χ0) is 11.6. The van der Waals surface area contributed by atoms with Crippen LogP contribution in [0.15, 0.2) is 0 Å². The van der Waals surface area contributed by atoms with Crippen LogP contribution in [0.1, 0.15) is 54.4 Å². The number of hydrogen-bond acceptors (Lipinski definition) is 1. The second-order valence-corrected chi connectivity index (χ2v) is 9.03. The third kappa shape index (κ3) is 3.43. The largest absolute Gasteiger partial charge is 0.295 e. The minimum absolute atomic E-state index is 0.249. The summed E-state index contributed by atoms with van der Waals surface area (Å²) in [5, 5.41) is 0. The fourth-order valence-electron chi connectivity index (χ4n) is 2.51. The number of rotatable bonds is 3. The van der Waals surface area contributed by atoms with Crippen molar-refractivity contribution in [2.75, 3.05) is 12.8 Å². The van der Waals surface area contributed by atoms with Crippen molar-refractivity contribution < 1.29 is 0 Å². The zero-order valence-corrected chi connectivity index (χ0v) is 12.3. The maximum Gasteiger partial charge on any atom is 0.0193 e. The first-order chi connectivity index (χ1) is 6.86. The smallest absolute Gasteiger partial charge is 0.0193 e. The molecule has 90 valence electrons. The minimum Gasteiger partial charge on any atom is -0.295 e. The van der Waals surface area contributed by atoms with Crippen molar-refractivity contribution in [1.29, 1.82) is 0 Å². The third-order valence-corrected chi connectivity index (χ3v) is 7.25. The fourth-order valence-corrected chi connectivity index (χ4v) is 5.92. The molecule has 0 aromatic carbocycles. The van der Waals surface area contributed by atoms with Gasteiger partial charge in [-0.2, -0.15) is 0 Å². The maximum atomic E-state index is 2.66. The van der Waals surface area contributed by atoms with E-state index in [1.807, 2.05) is 0 Å². The van der Waals surface area contributed by atoms with Gasteiger partial charge in [-0.3, -0.25) is 4.90 Å². The molecule has 1 aliphatic heterocycles. The molecule has 1 fully saturated rings. The fraction of sp³-hybridized carbons (Fsp3) is 1.00. The summed E-state index contributed by atoms with van der Waals surface area (Å²) in [5.41, 5.74) is 2.33. The lowest BCUT2D eigenvalue weighted by Gasteiger charge is -2.38. The predicted molar refractivity (Wildman–Crippen MR) is 72.1 cm³/mol. The lowest BCUT2D eigenvalue weighted by molar-refractivity contribution is 0.173. The average Bonchev–Trinajstić information content (AvgIpc) is 2.41. The highest BCUT2D eigenvalue weighted by molar-refractivity contribution is 7.59.